The van der Waals surface area contributed by atoms with Crippen LogP contribution in [0.2, 0.25) is 0 Å². The van der Waals surface area contributed by atoms with Gasteiger partial charge in [-0.05, 0) is 36.1 Å². The molecule has 2 aromatic heterocycles. The largest absolute Gasteiger partial charge is 0.390 e. The Morgan fingerprint density at radius 1 is 1.22 bits per heavy atom. The quantitative estimate of drug-likeness (QED) is 0.724. The van der Waals surface area contributed by atoms with Gasteiger partial charge in [0.2, 0.25) is 0 Å². The highest BCUT2D eigenvalue weighted by Gasteiger charge is 2.19. The molecule has 1 amide bonds. The maximum atomic E-state index is 12.3. The number of nitrogens with one attached hydrogen (secondary N) is 1. The molecule has 1 aliphatic heterocycles. The fourth-order valence-electron chi connectivity index (χ4n) is 3.59. The summed E-state index contributed by atoms with van der Waals surface area (Å²) in [4.78, 5) is 18.9. The summed E-state index contributed by atoms with van der Waals surface area (Å²) in [5, 5.41) is 13.1. The fourth-order valence-corrected chi connectivity index (χ4v) is 3.59. The number of aliphatic hydroxyl groups excluding tert-OH is 1. The SMILES string of the molecule is Cc1ccc2nc(C(=O)NCC(O)CN3CCc4ccccc4C3)cn2c1. The lowest BCUT2D eigenvalue weighted by Gasteiger charge is -2.30. The first-order valence-electron chi connectivity index (χ1n) is 9.29. The first-order valence-corrected chi connectivity index (χ1v) is 9.29. The summed E-state index contributed by atoms with van der Waals surface area (Å²) in [5.41, 5.74) is 4.90. The predicted molar refractivity (Wildman–Crippen MR) is 104 cm³/mol. The molecule has 0 fully saturated rings. The van der Waals surface area contributed by atoms with E-state index in [4.69, 9.17) is 0 Å². The first kappa shape index (κ1) is 17.7. The molecule has 140 valence electrons. The smallest absolute Gasteiger partial charge is 0.271 e. The van der Waals surface area contributed by atoms with Crippen molar-refractivity contribution >= 4 is 11.6 Å². The summed E-state index contributed by atoms with van der Waals surface area (Å²) in [6, 6.07) is 12.3. The average Bonchev–Trinajstić information content (AvgIpc) is 3.09. The van der Waals surface area contributed by atoms with Crippen LogP contribution in [0.4, 0.5) is 0 Å². The van der Waals surface area contributed by atoms with E-state index >= 15 is 0 Å². The van der Waals surface area contributed by atoms with Gasteiger partial charge in [0.15, 0.2) is 0 Å². The second kappa shape index (κ2) is 7.50. The Labute approximate surface area is 158 Å². The van der Waals surface area contributed by atoms with E-state index in [0.717, 1.165) is 30.7 Å². The number of benzene rings is 1. The molecule has 3 aromatic rings. The zero-order valence-electron chi connectivity index (χ0n) is 15.4. The molecule has 0 spiro atoms. The number of imidazole rings is 1. The van der Waals surface area contributed by atoms with Crippen LogP contribution in [0.1, 0.15) is 27.2 Å². The van der Waals surface area contributed by atoms with Gasteiger partial charge in [-0.15, -0.1) is 0 Å². The van der Waals surface area contributed by atoms with Crippen LogP contribution in [0.15, 0.2) is 48.8 Å². The van der Waals surface area contributed by atoms with Crippen LogP contribution in [0, 0.1) is 6.92 Å². The Kier molecular flexibility index (Phi) is 4.92. The topological polar surface area (TPSA) is 69.9 Å². The summed E-state index contributed by atoms with van der Waals surface area (Å²) in [6.07, 6.45) is 4.03. The number of nitrogens with zero attached hydrogens (tertiary/aromatic N) is 3. The van der Waals surface area contributed by atoms with E-state index in [0.29, 0.717) is 12.2 Å². The molecule has 6 heteroatoms. The maximum absolute atomic E-state index is 12.3. The molecule has 1 aliphatic rings. The second-order valence-electron chi connectivity index (χ2n) is 7.22. The molecule has 1 unspecified atom stereocenters. The van der Waals surface area contributed by atoms with Gasteiger partial charge in [-0.1, -0.05) is 30.3 Å². The van der Waals surface area contributed by atoms with Crippen molar-refractivity contribution in [2.24, 2.45) is 0 Å². The molecule has 1 aromatic carbocycles. The summed E-state index contributed by atoms with van der Waals surface area (Å²) in [5.74, 6) is -0.264. The minimum atomic E-state index is -0.613. The van der Waals surface area contributed by atoms with Gasteiger partial charge < -0.3 is 14.8 Å². The zero-order valence-corrected chi connectivity index (χ0v) is 15.4. The van der Waals surface area contributed by atoms with Crippen LogP contribution in [0.5, 0.6) is 0 Å². The number of amides is 1. The fraction of sp³-hybridized carbons (Fsp3) is 0.333. The molecule has 0 saturated carbocycles. The number of pyridine rings is 1. The molecule has 4 rings (SSSR count). The number of aryl methyl sites for hydroxylation is 1. The predicted octanol–water partition coefficient (Wildman–Crippen LogP) is 1.79. The number of fused-ring (bicyclic) bond motifs is 2. The highest BCUT2D eigenvalue weighted by atomic mass is 16.3. The van der Waals surface area contributed by atoms with Gasteiger partial charge in [0.25, 0.3) is 5.91 Å². The number of β-amino-alcohol motifs (C(OH)–C–C–N with tert-alkyl or cyclic N) is 1. The molecule has 0 aliphatic carbocycles. The van der Waals surface area contributed by atoms with Crippen LogP contribution in [-0.2, 0) is 13.0 Å². The third-order valence-corrected chi connectivity index (χ3v) is 5.01. The highest BCUT2D eigenvalue weighted by molar-refractivity contribution is 5.92. The highest BCUT2D eigenvalue weighted by Crippen LogP contribution is 2.18. The first-order chi connectivity index (χ1) is 13.1. The summed E-state index contributed by atoms with van der Waals surface area (Å²) in [7, 11) is 0. The Bertz CT molecular complexity index is 966. The van der Waals surface area contributed by atoms with Crippen LogP contribution < -0.4 is 5.32 Å². The number of carbonyl (C=O) groups excluding carboxylic acids is 1. The Morgan fingerprint density at radius 2 is 2.04 bits per heavy atom. The lowest BCUT2D eigenvalue weighted by Crippen LogP contribution is -2.42. The van der Waals surface area contributed by atoms with Crippen molar-refractivity contribution in [1.82, 2.24) is 19.6 Å². The van der Waals surface area contributed by atoms with Crippen molar-refractivity contribution in [2.45, 2.75) is 26.0 Å². The third-order valence-electron chi connectivity index (χ3n) is 5.01. The zero-order chi connectivity index (χ0) is 18.8. The molecule has 6 nitrogen and oxygen atoms in total. The van der Waals surface area contributed by atoms with E-state index < -0.39 is 6.10 Å². The Morgan fingerprint density at radius 3 is 2.89 bits per heavy atom. The average molecular weight is 364 g/mol. The van der Waals surface area contributed by atoms with Crippen molar-refractivity contribution in [3.8, 4) is 0 Å². The van der Waals surface area contributed by atoms with Crippen molar-refractivity contribution in [3.05, 3.63) is 71.2 Å². The van der Waals surface area contributed by atoms with Gasteiger partial charge in [-0.25, -0.2) is 4.98 Å². The number of aromatic nitrogens is 2. The van der Waals surface area contributed by atoms with Gasteiger partial charge in [-0.2, -0.15) is 0 Å². The summed E-state index contributed by atoms with van der Waals surface area (Å²) >= 11 is 0. The standard InChI is InChI=1S/C21H24N4O2/c1-15-6-7-20-23-19(14-25(20)11-15)21(27)22-10-18(26)13-24-9-8-16-4-2-3-5-17(16)12-24/h2-7,11,14,18,26H,8-10,12-13H2,1H3,(H,22,27). The molecule has 27 heavy (non-hydrogen) atoms. The van der Waals surface area contributed by atoms with Gasteiger partial charge >= 0.3 is 0 Å². The van der Waals surface area contributed by atoms with Crippen LogP contribution in [-0.4, -0.2) is 51.0 Å². The number of hydrogen-bond acceptors (Lipinski definition) is 4. The number of aliphatic hydroxyl groups is 1. The lowest BCUT2D eigenvalue weighted by molar-refractivity contribution is 0.0838. The molecule has 3 heterocycles. The van der Waals surface area contributed by atoms with E-state index in [1.807, 2.05) is 29.7 Å². The maximum Gasteiger partial charge on any atom is 0.271 e. The number of hydrogen-bond donors (Lipinski definition) is 2. The minimum absolute atomic E-state index is 0.212. The molecule has 1 atom stereocenters. The lowest BCUT2D eigenvalue weighted by atomic mass is 10.00. The normalized spacial score (nSPS) is 15.5. The molecule has 0 saturated heterocycles. The monoisotopic (exact) mass is 364 g/mol. The van der Waals surface area contributed by atoms with Gasteiger partial charge in [-0.3, -0.25) is 9.69 Å². The van der Waals surface area contributed by atoms with Gasteiger partial charge in [0.1, 0.15) is 11.3 Å². The summed E-state index contributed by atoms with van der Waals surface area (Å²) < 4.78 is 1.84. The van der Waals surface area contributed by atoms with Gasteiger partial charge in [0.05, 0.1) is 6.10 Å². The van der Waals surface area contributed by atoms with Crippen molar-refractivity contribution in [1.29, 1.82) is 0 Å². The molecule has 0 bridgehead atoms. The molecule has 0 radical (unpaired) electrons. The van der Waals surface area contributed by atoms with E-state index in [-0.39, 0.29) is 12.5 Å². The van der Waals surface area contributed by atoms with Crippen molar-refractivity contribution in [2.75, 3.05) is 19.6 Å². The van der Waals surface area contributed by atoms with Crippen molar-refractivity contribution < 1.29 is 9.90 Å². The van der Waals surface area contributed by atoms with Crippen molar-refractivity contribution in [3.63, 3.8) is 0 Å². The van der Waals surface area contributed by atoms with Crippen LogP contribution in [0.3, 0.4) is 0 Å². The molecular formula is C21H24N4O2. The molecular weight excluding hydrogens is 340 g/mol. The Balaban J connectivity index is 1.31. The van der Waals surface area contributed by atoms with Crippen LogP contribution in [0.25, 0.3) is 5.65 Å². The third kappa shape index (κ3) is 4.02. The molecule has 2 N–H and O–H groups in total. The number of rotatable bonds is 5. The van der Waals surface area contributed by atoms with E-state index in [1.165, 1.54) is 11.1 Å². The van der Waals surface area contributed by atoms with E-state index in [1.54, 1.807) is 6.20 Å². The summed E-state index contributed by atoms with van der Waals surface area (Å²) in [6.45, 7) is 4.51. The number of carbonyl (C=O) groups is 1. The Hall–Kier alpha value is -2.70. The minimum Gasteiger partial charge on any atom is -0.390 e. The second-order valence-corrected chi connectivity index (χ2v) is 7.22. The van der Waals surface area contributed by atoms with Crippen LogP contribution >= 0.6 is 0 Å². The van der Waals surface area contributed by atoms with Gasteiger partial charge in [0, 0.05) is 38.6 Å². The van der Waals surface area contributed by atoms with E-state index in [9.17, 15) is 9.90 Å². The van der Waals surface area contributed by atoms with E-state index in [2.05, 4.69) is 39.5 Å².